The molecule has 0 aromatic carbocycles. The first-order valence-electron chi connectivity index (χ1n) is 8.85. The van der Waals surface area contributed by atoms with Crippen molar-refractivity contribution in [1.29, 1.82) is 0 Å². The minimum atomic E-state index is 0.589. The summed E-state index contributed by atoms with van der Waals surface area (Å²) < 4.78 is 11.0. The van der Waals surface area contributed by atoms with Crippen molar-refractivity contribution < 1.29 is 9.47 Å². The molecule has 2 N–H and O–H groups in total. The van der Waals surface area contributed by atoms with E-state index in [9.17, 15) is 0 Å². The van der Waals surface area contributed by atoms with Crippen molar-refractivity contribution >= 4 is 17.3 Å². The Morgan fingerprint density at radius 1 is 1.46 bits per heavy atom. The summed E-state index contributed by atoms with van der Waals surface area (Å²) in [4.78, 5) is 8.81. The molecular formula is C17H30N4O2S. The summed E-state index contributed by atoms with van der Waals surface area (Å²) >= 11 is 1.74. The van der Waals surface area contributed by atoms with Crippen molar-refractivity contribution in [2.75, 3.05) is 46.6 Å². The van der Waals surface area contributed by atoms with Crippen LogP contribution in [0, 0.1) is 5.92 Å². The minimum absolute atomic E-state index is 0.589. The molecule has 1 fully saturated rings. The van der Waals surface area contributed by atoms with E-state index in [4.69, 9.17) is 9.47 Å². The molecule has 0 saturated carbocycles. The van der Waals surface area contributed by atoms with E-state index in [2.05, 4.69) is 32.9 Å². The van der Waals surface area contributed by atoms with Crippen LogP contribution in [0.3, 0.4) is 0 Å². The van der Waals surface area contributed by atoms with Gasteiger partial charge in [-0.25, -0.2) is 4.98 Å². The minimum Gasteiger partial charge on any atom is -0.381 e. The van der Waals surface area contributed by atoms with Gasteiger partial charge in [0.15, 0.2) is 5.96 Å². The highest BCUT2D eigenvalue weighted by molar-refractivity contribution is 7.09. The van der Waals surface area contributed by atoms with Crippen molar-refractivity contribution in [3.63, 3.8) is 0 Å². The van der Waals surface area contributed by atoms with Crippen molar-refractivity contribution in [2.24, 2.45) is 10.9 Å². The fourth-order valence-corrected chi connectivity index (χ4v) is 3.28. The van der Waals surface area contributed by atoms with Gasteiger partial charge in [-0.2, -0.15) is 0 Å². The first-order chi connectivity index (χ1) is 11.8. The number of ether oxygens (including phenoxy) is 2. The van der Waals surface area contributed by atoms with Crippen LogP contribution in [0.4, 0.5) is 0 Å². The summed E-state index contributed by atoms with van der Waals surface area (Å²) in [5, 5.41) is 9.99. The summed E-state index contributed by atoms with van der Waals surface area (Å²) in [5.74, 6) is 1.43. The summed E-state index contributed by atoms with van der Waals surface area (Å²) in [5.41, 5.74) is 1.16. The van der Waals surface area contributed by atoms with Gasteiger partial charge in [0.25, 0.3) is 0 Å². The number of nitrogens with one attached hydrogen (secondary N) is 2. The molecule has 1 aromatic rings. The van der Waals surface area contributed by atoms with Crippen LogP contribution in [0.25, 0.3) is 0 Å². The summed E-state index contributed by atoms with van der Waals surface area (Å²) in [6, 6.07) is 0. The van der Waals surface area contributed by atoms with Gasteiger partial charge in [-0.15, -0.1) is 11.3 Å². The second kappa shape index (κ2) is 11.4. The number of nitrogens with zero attached hydrogens (tertiary/aromatic N) is 2. The maximum absolute atomic E-state index is 5.70. The van der Waals surface area contributed by atoms with Crippen molar-refractivity contribution in [1.82, 2.24) is 15.6 Å². The lowest BCUT2D eigenvalue weighted by molar-refractivity contribution is 0.0888. The molecule has 136 valence electrons. The molecule has 0 aliphatic carbocycles. The molecule has 0 bridgehead atoms. The highest BCUT2D eigenvalue weighted by Gasteiger charge is 2.15. The van der Waals surface area contributed by atoms with Crippen LogP contribution in [0.1, 0.15) is 30.5 Å². The summed E-state index contributed by atoms with van der Waals surface area (Å²) in [6.07, 6.45) is 4.04. The topological polar surface area (TPSA) is 67.8 Å². The number of aromatic nitrogens is 1. The van der Waals surface area contributed by atoms with Gasteiger partial charge < -0.3 is 20.1 Å². The van der Waals surface area contributed by atoms with Crippen LogP contribution < -0.4 is 10.6 Å². The van der Waals surface area contributed by atoms with Gasteiger partial charge >= 0.3 is 0 Å². The van der Waals surface area contributed by atoms with E-state index in [0.717, 1.165) is 76.9 Å². The Hall–Kier alpha value is -1.18. The zero-order chi connectivity index (χ0) is 17.0. The largest absolute Gasteiger partial charge is 0.381 e. The van der Waals surface area contributed by atoms with Crippen LogP contribution in [-0.2, 0) is 22.3 Å². The van der Waals surface area contributed by atoms with Gasteiger partial charge in [-0.3, -0.25) is 4.99 Å². The van der Waals surface area contributed by atoms with Gasteiger partial charge in [-0.05, 0) is 19.3 Å². The Balaban J connectivity index is 1.49. The molecule has 1 aliphatic rings. The van der Waals surface area contributed by atoms with E-state index in [1.165, 1.54) is 5.01 Å². The van der Waals surface area contributed by atoms with Crippen LogP contribution in [0.15, 0.2) is 10.4 Å². The molecule has 1 aliphatic heterocycles. The van der Waals surface area contributed by atoms with Crippen LogP contribution in [0.5, 0.6) is 0 Å². The molecule has 1 saturated heterocycles. The second-order valence-electron chi connectivity index (χ2n) is 5.92. The first kappa shape index (κ1) is 19.1. The average Bonchev–Trinajstić information content (AvgIpc) is 3.27. The van der Waals surface area contributed by atoms with Gasteiger partial charge in [0.05, 0.1) is 23.9 Å². The fourth-order valence-electron chi connectivity index (χ4n) is 2.50. The van der Waals surface area contributed by atoms with E-state index in [-0.39, 0.29) is 0 Å². The maximum atomic E-state index is 5.70. The number of rotatable bonds is 10. The third-order valence-electron chi connectivity index (χ3n) is 3.93. The molecule has 1 unspecified atom stereocenters. The average molecular weight is 355 g/mol. The molecule has 6 nitrogen and oxygen atoms in total. The first-order valence-corrected chi connectivity index (χ1v) is 9.73. The molecule has 1 aromatic heterocycles. The van der Waals surface area contributed by atoms with E-state index < -0.39 is 0 Å². The Bertz CT molecular complexity index is 487. The molecular weight excluding hydrogens is 324 g/mol. The number of aryl methyl sites for hydroxylation is 1. The van der Waals surface area contributed by atoms with Crippen molar-refractivity contribution in [2.45, 2.75) is 32.6 Å². The Morgan fingerprint density at radius 2 is 2.33 bits per heavy atom. The van der Waals surface area contributed by atoms with Gasteiger partial charge in [-0.1, -0.05) is 6.92 Å². The smallest absolute Gasteiger partial charge is 0.190 e. The molecule has 0 spiro atoms. The molecule has 0 radical (unpaired) electrons. The zero-order valence-corrected chi connectivity index (χ0v) is 15.7. The summed E-state index contributed by atoms with van der Waals surface area (Å²) in [7, 11) is 1.80. The SMILES string of the molecule is CCc1nc(CCNC(=NC)NCCCOCC2CCOC2)cs1. The van der Waals surface area contributed by atoms with E-state index in [1.54, 1.807) is 18.4 Å². The van der Waals surface area contributed by atoms with Crippen molar-refractivity contribution in [3.8, 4) is 0 Å². The number of thiazole rings is 1. The molecule has 0 amide bonds. The lowest BCUT2D eigenvalue weighted by Gasteiger charge is -2.12. The summed E-state index contributed by atoms with van der Waals surface area (Å²) in [6.45, 7) is 7.17. The van der Waals surface area contributed by atoms with Crippen molar-refractivity contribution in [3.05, 3.63) is 16.1 Å². The Morgan fingerprint density at radius 3 is 3.04 bits per heavy atom. The molecule has 1 atom stereocenters. The predicted molar refractivity (Wildman–Crippen MR) is 98.9 cm³/mol. The molecule has 2 heterocycles. The monoisotopic (exact) mass is 354 g/mol. The number of hydrogen-bond donors (Lipinski definition) is 2. The quantitative estimate of drug-likeness (QED) is 0.381. The highest BCUT2D eigenvalue weighted by Crippen LogP contribution is 2.12. The molecule has 2 rings (SSSR count). The third-order valence-corrected chi connectivity index (χ3v) is 4.98. The van der Waals surface area contributed by atoms with Gasteiger partial charge in [0.2, 0.25) is 0 Å². The lowest BCUT2D eigenvalue weighted by atomic mass is 10.1. The molecule has 7 heteroatoms. The third kappa shape index (κ3) is 7.15. The highest BCUT2D eigenvalue weighted by atomic mass is 32.1. The normalized spacial score (nSPS) is 18.1. The van der Waals surface area contributed by atoms with Gasteiger partial charge in [0, 0.05) is 51.1 Å². The second-order valence-corrected chi connectivity index (χ2v) is 6.86. The number of aliphatic imine (C=N–C) groups is 1. The van der Waals surface area contributed by atoms with Crippen LogP contribution >= 0.6 is 11.3 Å². The predicted octanol–water partition coefficient (Wildman–Crippen LogP) is 1.86. The Labute approximate surface area is 149 Å². The Kier molecular flexibility index (Phi) is 9.09. The molecule has 24 heavy (non-hydrogen) atoms. The number of guanidine groups is 1. The fraction of sp³-hybridized carbons (Fsp3) is 0.765. The van der Waals surface area contributed by atoms with E-state index >= 15 is 0 Å². The van der Waals surface area contributed by atoms with Gasteiger partial charge in [0.1, 0.15) is 0 Å². The van der Waals surface area contributed by atoms with Crippen LogP contribution in [0.2, 0.25) is 0 Å². The van der Waals surface area contributed by atoms with Crippen LogP contribution in [-0.4, -0.2) is 57.5 Å². The van der Waals surface area contributed by atoms with E-state index in [0.29, 0.717) is 5.92 Å². The standard InChI is InChI=1S/C17H30N4O2S/c1-3-16-21-15(13-24-16)5-8-20-17(18-2)19-7-4-9-22-11-14-6-10-23-12-14/h13-14H,3-12H2,1-2H3,(H2,18,19,20). The van der Waals surface area contributed by atoms with E-state index in [1.807, 2.05) is 0 Å². The zero-order valence-electron chi connectivity index (χ0n) is 14.8. The lowest BCUT2D eigenvalue weighted by Crippen LogP contribution is -2.39. The number of hydrogen-bond acceptors (Lipinski definition) is 5. The maximum Gasteiger partial charge on any atom is 0.190 e.